The molecule has 1 unspecified atom stereocenters. The maximum Gasteiger partial charge on any atom is 0.164 e. The molecule has 11 aromatic rings. The lowest BCUT2D eigenvalue weighted by molar-refractivity contribution is 0.670. The molecule has 1 aliphatic rings. The number of thiophene rings is 1. The molecule has 0 bridgehead atoms. The number of benzene rings is 8. The molecule has 0 radical (unpaired) electrons. The summed E-state index contributed by atoms with van der Waals surface area (Å²) in [6.45, 7) is 0. The van der Waals surface area contributed by atoms with E-state index in [4.69, 9.17) is 19.4 Å². The maximum atomic E-state index is 6.65. The highest BCUT2D eigenvalue weighted by molar-refractivity contribution is 7.26. The van der Waals surface area contributed by atoms with Crippen LogP contribution in [-0.2, 0) is 0 Å². The average Bonchev–Trinajstić information content (AvgIpc) is 3.96. The molecule has 0 amide bonds. The van der Waals surface area contributed by atoms with Gasteiger partial charge in [-0.1, -0.05) is 170 Å². The van der Waals surface area contributed by atoms with Crippen molar-refractivity contribution in [3.8, 4) is 56.4 Å². The summed E-state index contributed by atoms with van der Waals surface area (Å²) in [6.07, 6.45) is 0. The molecule has 12 rings (SSSR count). The van der Waals surface area contributed by atoms with E-state index in [2.05, 4.69) is 140 Å². The Labute approximate surface area is 332 Å². The highest BCUT2D eigenvalue weighted by atomic mass is 32.1. The molecule has 5 heteroatoms. The first kappa shape index (κ1) is 32.1. The molecular formula is C52H31N3OS. The van der Waals surface area contributed by atoms with Crippen LogP contribution in [0.1, 0.15) is 22.6 Å². The topological polar surface area (TPSA) is 51.8 Å². The Hall–Kier alpha value is -7.21. The number of rotatable bonds is 5. The van der Waals surface area contributed by atoms with E-state index < -0.39 is 0 Å². The Kier molecular flexibility index (Phi) is 7.13. The van der Waals surface area contributed by atoms with Crippen molar-refractivity contribution in [2.75, 3.05) is 0 Å². The fourth-order valence-corrected chi connectivity index (χ4v) is 10.3. The lowest BCUT2D eigenvalue weighted by Crippen LogP contribution is -2.01. The maximum absolute atomic E-state index is 6.65. The van der Waals surface area contributed by atoms with Crippen molar-refractivity contribution in [1.29, 1.82) is 0 Å². The number of hydrogen-bond donors (Lipinski definition) is 0. The van der Waals surface area contributed by atoms with Crippen LogP contribution in [0.2, 0.25) is 0 Å². The molecule has 3 heterocycles. The molecule has 1 atom stereocenters. The van der Waals surface area contributed by atoms with Crippen LogP contribution in [0, 0.1) is 0 Å². The minimum atomic E-state index is 0.0515. The lowest BCUT2D eigenvalue weighted by atomic mass is 9.88. The third kappa shape index (κ3) is 4.96. The minimum Gasteiger partial charge on any atom is -0.455 e. The smallest absolute Gasteiger partial charge is 0.164 e. The van der Waals surface area contributed by atoms with E-state index in [1.165, 1.54) is 48.0 Å². The van der Waals surface area contributed by atoms with Crippen LogP contribution < -0.4 is 0 Å². The van der Waals surface area contributed by atoms with Gasteiger partial charge in [0.25, 0.3) is 0 Å². The van der Waals surface area contributed by atoms with E-state index in [1.54, 1.807) is 0 Å². The van der Waals surface area contributed by atoms with Gasteiger partial charge < -0.3 is 4.42 Å². The standard InChI is InChI=1S/C52H31N3OS/c1-4-15-31(16-5-1)44-42(52-54-50(32-17-6-2-7-18-32)53-51(55-52)33-19-8-3-9-20-33)30-28-39-38-24-14-25-41(48(38)57-49(39)44)45-35-22-10-11-23-36(35)46-40(45)29-27-37-34-21-12-13-26-43(34)56-47(37)46/h1-30,45H. The van der Waals surface area contributed by atoms with Crippen molar-refractivity contribution in [2.45, 2.75) is 5.92 Å². The molecule has 0 fully saturated rings. The van der Waals surface area contributed by atoms with Gasteiger partial charge in [0.15, 0.2) is 17.5 Å². The van der Waals surface area contributed by atoms with Crippen LogP contribution in [-0.4, -0.2) is 15.0 Å². The summed E-state index contributed by atoms with van der Waals surface area (Å²) in [7, 11) is 0. The van der Waals surface area contributed by atoms with Crippen molar-refractivity contribution >= 4 is 53.4 Å². The quantitative estimate of drug-likeness (QED) is 0.176. The molecule has 3 aromatic heterocycles. The van der Waals surface area contributed by atoms with Crippen LogP contribution in [0.4, 0.5) is 0 Å². The molecule has 4 nitrogen and oxygen atoms in total. The fourth-order valence-electron chi connectivity index (χ4n) is 8.92. The van der Waals surface area contributed by atoms with E-state index in [9.17, 15) is 0 Å². The van der Waals surface area contributed by atoms with Crippen LogP contribution in [0.3, 0.4) is 0 Å². The van der Waals surface area contributed by atoms with Crippen molar-refractivity contribution in [3.63, 3.8) is 0 Å². The Morgan fingerprint density at radius 2 is 0.947 bits per heavy atom. The van der Waals surface area contributed by atoms with Gasteiger partial charge in [0, 0.05) is 64.7 Å². The Balaban J connectivity index is 1.11. The van der Waals surface area contributed by atoms with E-state index in [0.29, 0.717) is 17.5 Å². The zero-order valence-corrected chi connectivity index (χ0v) is 31.4. The number of fused-ring (bicyclic) bond motifs is 10. The van der Waals surface area contributed by atoms with E-state index >= 15 is 0 Å². The summed E-state index contributed by atoms with van der Waals surface area (Å²) in [5.41, 5.74) is 13.3. The second-order valence-electron chi connectivity index (χ2n) is 14.6. The predicted molar refractivity (Wildman–Crippen MR) is 235 cm³/mol. The Morgan fingerprint density at radius 3 is 1.70 bits per heavy atom. The summed E-state index contributed by atoms with van der Waals surface area (Å²) in [5.74, 6) is 1.99. The van der Waals surface area contributed by atoms with Crippen LogP contribution >= 0.6 is 11.3 Å². The Morgan fingerprint density at radius 1 is 0.368 bits per heavy atom. The van der Waals surface area contributed by atoms with E-state index in [-0.39, 0.29) is 5.92 Å². The normalized spacial score (nSPS) is 13.4. The summed E-state index contributed by atoms with van der Waals surface area (Å²) < 4.78 is 9.14. The van der Waals surface area contributed by atoms with Gasteiger partial charge >= 0.3 is 0 Å². The highest BCUT2D eigenvalue weighted by Crippen LogP contribution is 2.55. The summed E-state index contributed by atoms with van der Waals surface area (Å²) in [6, 6.07) is 64.2. The third-order valence-electron chi connectivity index (χ3n) is 11.4. The van der Waals surface area contributed by atoms with Gasteiger partial charge in [-0.05, 0) is 39.9 Å². The molecule has 0 N–H and O–H groups in total. The first-order chi connectivity index (χ1) is 28.3. The van der Waals surface area contributed by atoms with Crippen molar-refractivity contribution in [1.82, 2.24) is 15.0 Å². The summed E-state index contributed by atoms with van der Waals surface area (Å²) in [5, 5.41) is 4.78. The average molecular weight is 746 g/mol. The first-order valence-electron chi connectivity index (χ1n) is 19.2. The number of furan rings is 1. The molecule has 0 aliphatic heterocycles. The third-order valence-corrected chi connectivity index (χ3v) is 12.7. The molecule has 0 spiro atoms. The molecule has 266 valence electrons. The Bertz CT molecular complexity index is 3290. The van der Waals surface area contributed by atoms with Gasteiger partial charge in [0.1, 0.15) is 11.2 Å². The lowest BCUT2D eigenvalue weighted by Gasteiger charge is -2.15. The van der Waals surface area contributed by atoms with Gasteiger partial charge in [-0.25, -0.2) is 15.0 Å². The van der Waals surface area contributed by atoms with Gasteiger partial charge in [-0.3, -0.25) is 0 Å². The molecular weight excluding hydrogens is 715 g/mol. The van der Waals surface area contributed by atoms with Crippen molar-refractivity contribution in [2.24, 2.45) is 0 Å². The second kappa shape index (κ2) is 12.7. The van der Waals surface area contributed by atoms with Crippen molar-refractivity contribution in [3.05, 3.63) is 199 Å². The van der Waals surface area contributed by atoms with E-state index in [0.717, 1.165) is 49.8 Å². The number of hydrogen-bond acceptors (Lipinski definition) is 5. The monoisotopic (exact) mass is 745 g/mol. The molecule has 0 saturated carbocycles. The molecule has 1 aliphatic carbocycles. The predicted octanol–water partition coefficient (Wildman–Crippen LogP) is 14.0. The highest BCUT2D eigenvalue weighted by Gasteiger charge is 2.34. The molecule has 0 saturated heterocycles. The SMILES string of the molecule is c1ccc(-c2nc(-c3ccccc3)nc(-c3ccc4c(sc5c(C6c7ccccc7-c7c6ccc6c7oc7ccccc76)cccc54)c3-c3ccccc3)n2)cc1. The van der Waals surface area contributed by atoms with Crippen LogP contribution in [0.15, 0.2) is 186 Å². The van der Waals surface area contributed by atoms with Gasteiger partial charge in [-0.15, -0.1) is 11.3 Å². The van der Waals surface area contributed by atoms with E-state index in [1.807, 2.05) is 53.8 Å². The number of para-hydroxylation sites is 1. The number of nitrogens with zero attached hydrogens (tertiary/aromatic N) is 3. The summed E-state index contributed by atoms with van der Waals surface area (Å²) >= 11 is 1.87. The minimum absolute atomic E-state index is 0.0515. The molecule has 57 heavy (non-hydrogen) atoms. The fraction of sp³-hybridized carbons (Fsp3) is 0.0192. The summed E-state index contributed by atoms with van der Waals surface area (Å²) in [4.78, 5) is 15.4. The zero-order valence-electron chi connectivity index (χ0n) is 30.6. The first-order valence-corrected chi connectivity index (χ1v) is 20.0. The molecule has 8 aromatic carbocycles. The van der Waals surface area contributed by atoms with Gasteiger partial charge in [-0.2, -0.15) is 0 Å². The largest absolute Gasteiger partial charge is 0.455 e. The van der Waals surface area contributed by atoms with Crippen molar-refractivity contribution < 1.29 is 4.42 Å². The number of aromatic nitrogens is 3. The second-order valence-corrected chi connectivity index (χ2v) is 15.6. The van der Waals surface area contributed by atoms with Gasteiger partial charge in [0.05, 0.1) is 0 Å². The zero-order chi connectivity index (χ0) is 37.5. The van der Waals surface area contributed by atoms with Gasteiger partial charge in [0.2, 0.25) is 0 Å². The van der Waals surface area contributed by atoms with Crippen LogP contribution in [0.5, 0.6) is 0 Å². The van der Waals surface area contributed by atoms with Crippen LogP contribution in [0.25, 0.3) is 98.5 Å².